The SMILES string of the molecule is C=C(/C=C\O)C(=O)N1CCN(Cc2cccc(Nc3ncc(Cl)s3)n2)CC1. The summed E-state index contributed by atoms with van der Waals surface area (Å²) in [6.07, 6.45) is 3.75. The van der Waals surface area contributed by atoms with Crippen LogP contribution in [-0.2, 0) is 11.3 Å². The van der Waals surface area contributed by atoms with Gasteiger partial charge in [-0.3, -0.25) is 9.69 Å². The Labute approximate surface area is 166 Å². The molecule has 2 N–H and O–H groups in total. The molecule has 0 aliphatic carbocycles. The summed E-state index contributed by atoms with van der Waals surface area (Å²) in [5.74, 6) is 0.575. The number of aliphatic hydroxyl groups is 1. The molecule has 0 unspecified atom stereocenters. The van der Waals surface area contributed by atoms with Crippen molar-refractivity contribution in [3.63, 3.8) is 0 Å². The van der Waals surface area contributed by atoms with E-state index in [0.717, 1.165) is 30.9 Å². The van der Waals surface area contributed by atoms with Crippen molar-refractivity contribution in [1.82, 2.24) is 19.8 Å². The first-order chi connectivity index (χ1) is 13.0. The number of nitrogens with zero attached hydrogens (tertiary/aromatic N) is 4. The number of aliphatic hydroxyl groups excluding tert-OH is 1. The quantitative estimate of drug-likeness (QED) is 0.436. The summed E-state index contributed by atoms with van der Waals surface area (Å²) in [4.78, 5) is 25.0. The maximum absolute atomic E-state index is 12.2. The van der Waals surface area contributed by atoms with E-state index in [1.54, 1.807) is 11.1 Å². The molecule has 0 saturated carbocycles. The molecule has 0 atom stereocenters. The van der Waals surface area contributed by atoms with Crippen molar-refractivity contribution in [3.05, 3.63) is 58.9 Å². The second kappa shape index (κ2) is 8.98. The number of amides is 1. The minimum absolute atomic E-state index is 0.147. The summed E-state index contributed by atoms with van der Waals surface area (Å²) in [7, 11) is 0. The van der Waals surface area contributed by atoms with Crippen LogP contribution in [0.5, 0.6) is 0 Å². The highest BCUT2D eigenvalue weighted by molar-refractivity contribution is 7.19. The molecular formula is C18H20ClN5O2S. The zero-order chi connectivity index (χ0) is 19.2. The van der Waals surface area contributed by atoms with Crippen molar-refractivity contribution in [2.24, 2.45) is 0 Å². The number of halogens is 1. The second-order valence-electron chi connectivity index (χ2n) is 6.02. The lowest BCUT2D eigenvalue weighted by atomic mass is 10.2. The van der Waals surface area contributed by atoms with Crippen molar-refractivity contribution >= 4 is 39.8 Å². The molecule has 1 fully saturated rings. The van der Waals surface area contributed by atoms with Crippen molar-refractivity contribution < 1.29 is 9.90 Å². The van der Waals surface area contributed by atoms with E-state index in [1.807, 2.05) is 18.2 Å². The summed E-state index contributed by atoms with van der Waals surface area (Å²) in [5, 5.41) is 12.6. The first-order valence-electron chi connectivity index (χ1n) is 8.41. The number of thiazole rings is 1. The molecule has 3 heterocycles. The van der Waals surface area contributed by atoms with Crippen molar-refractivity contribution in [2.75, 3.05) is 31.5 Å². The molecule has 9 heteroatoms. The maximum Gasteiger partial charge on any atom is 0.253 e. The molecule has 2 aromatic heterocycles. The minimum Gasteiger partial charge on any atom is -0.516 e. The van der Waals surface area contributed by atoms with Gasteiger partial charge in [0.05, 0.1) is 18.2 Å². The molecule has 7 nitrogen and oxygen atoms in total. The molecule has 0 spiro atoms. The van der Waals surface area contributed by atoms with E-state index in [1.165, 1.54) is 17.4 Å². The Hall–Kier alpha value is -2.42. The molecule has 0 aromatic carbocycles. The Balaban J connectivity index is 1.54. The van der Waals surface area contributed by atoms with E-state index in [4.69, 9.17) is 16.7 Å². The Kier molecular flexibility index (Phi) is 6.44. The third kappa shape index (κ3) is 5.29. The van der Waals surface area contributed by atoms with Crippen LogP contribution in [0.1, 0.15) is 5.69 Å². The number of carbonyl (C=O) groups is 1. The van der Waals surface area contributed by atoms with Crippen LogP contribution in [-0.4, -0.2) is 57.0 Å². The number of nitrogens with one attached hydrogen (secondary N) is 1. The Morgan fingerprint density at radius 2 is 2.15 bits per heavy atom. The number of carbonyl (C=O) groups excluding carboxylic acids is 1. The Morgan fingerprint density at radius 3 is 2.81 bits per heavy atom. The molecule has 3 rings (SSSR count). The van der Waals surface area contributed by atoms with E-state index < -0.39 is 0 Å². The molecular weight excluding hydrogens is 386 g/mol. The monoisotopic (exact) mass is 405 g/mol. The minimum atomic E-state index is -0.147. The van der Waals surface area contributed by atoms with Gasteiger partial charge in [-0.05, 0) is 18.2 Å². The number of anilines is 2. The van der Waals surface area contributed by atoms with E-state index in [2.05, 4.69) is 26.8 Å². The van der Waals surface area contributed by atoms with E-state index in [9.17, 15) is 4.79 Å². The molecule has 1 saturated heterocycles. The van der Waals surface area contributed by atoms with Gasteiger partial charge in [-0.25, -0.2) is 9.97 Å². The molecule has 1 aliphatic heterocycles. The summed E-state index contributed by atoms with van der Waals surface area (Å²) < 4.78 is 0.623. The lowest BCUT2D eigenvalue weighted by molar-refractivity contribution is -0.128. The van der Waals surface area contributed by atoms with Gasteiger partial charge < -0.3 is 15.3 Å². The number of aromatic nitrogens is 2. The highest BCUT2D eigenvalue weighted by atomic mass is 35.5. The van der Waals surface area contributed by atoms with Gasteiger partial charge in [-0.15, -0.1) is 0 Å². The highest BCUT2D eigenvalue weighted by Gasteiger charge is 2.22. The number of piperazine rings is 1. The van der Waals surface area contributed by atoms with Crippen LogP contribution in [0.15, 0.2) is 48.9 Å². The predicted octanol–water partition coefficient (Wildman–Crippen LogP) is 3.21. The van der Waals surface area contributed by atoms with Gasteiger partial charge in [0.1, 0.15) is 10.2 Å². The largest absolute Gasteiger partial charge is 0.516 e. The van der Waals surface area contributed by atoms with Crippen molar-refractivity contribution in [3.8, 4) is 0 Å². The van der Waals surface area contributed by atoms with Gasteiger partial charge in [0.25, 0.3) is 5.91 Å². The molecule has 0 bridgehead atoms. The zero-order valence-corrected chi connectivity index (χ0v) is 16.2. The Morgan fingerprint density at radius 1 is 1.37 bits per heavy atom. The summed E-state index contributed by atoms with van der Waals surface area (Å²) >= 11 is 7.26. The summed E-state index contributed by atoms with van der Waals surface area (Å²) in [6, 6.07) is 5.81. The predicted molar refractivity (Wildman–Crippen MR) is 107 cm³/mol. The summed E-state index contributed by atoms with van der Waals surface area (Å²) in [5.41, 5.74) is 1.23. The van der Waals surface area contributed by atoms with Crippen LogP contribution in [0.3, 0.4) is 0 Å². The van der Waals surface area contributed by atoms with Gasteiger partial charge in [0, 0.05) is 38.3 Å². The molecule has 1 amide bonds. The number of hydrogen-bond donors (Lipinski definition) is 2. The van der Waals surface area contributed by atoms with Crippen LogP contribution < -0.4 is 5.32 Å². The van der Waals surface area contributed by atoms with Crippen molar-refractivity contribution in [1.29, 1.82) is 0 Å². The Bertz CT molecular complexity index is 846. The van der Waals surface area contributed by atoms with Gasteiger partial charge in [0.2, 0.25) is 0 Å². The average molecular weight is 406 g/mol. The molecule has 27 heavy (non-hydrogen) atoms. The number of rotatable bonds is 6. The van der Waals surface area contributed by atoms with Gasteiger partial charge >= 0.3 is 0 Å². The fourth-order valence-electron chi connectivity index (χ4n) is 2.76. The van der Waals surface area contributed by atoms with E-state index in [0.29, 0.717) is 29.1 Å². The fraction of sp³-hybridized carbons (Fsp3) is 0.278. The van der Waals surface area contributed by atoms with E-state index in [-0.39, 0.29) is 11.5 Å². The standard InChI is InChI=1S/C18H20ClN5O2S/c1-13(5-10-25)17(26)24-8-6-23(7-9-24)12-14-3-2-4-16(21-14)22-18-20-11-15(19)27-18/h2-5,10-11,25H,1,6-9,12H2,(H,20,21,22)/b10-5-. The lowest BCUT2D eigenvalue weighted by Gasteiger charge is -2.34. The first-order valence-corrected chi connectivity index (χ1v) is 9.60. The van der Waals surface area contributed by atoms with Crippen LogP contribution in [0.2, 0.25) is 4.34 Å². The van der Waals surface area contributed by atoms with Gasteiger partial charge in [-0.2, -0.15) is 0 Å². The van der Waals surface area contributed by atoms with Crippen LogP contribution >= 0.6 is 22.9 Å². The van der Waals surface area contributed by atoms with Crippen LogP contribution in [0.25, 0.3) is 0 Å². The topological polar surface area (TPSA) is 81.6 Å². The van der Waals surface area contributed by atoms with Crippen LogP contribution in [0.4, 0.5) is 10.9 Å². The summed E-state index contributed by atoms with van der Waals surface area (Å²) in [6.45, 7) is 7.11. The van der Waals surface area contributed by atoms with Gasteiger partial charge in [-0.1, -0.05) is 35.6 Å². The van der Waals surface area contributed by atoms with Crippen molar-refractivity contribution in [2.45, 2.75) is 6.54 Å². The molecule has 142 valence electrons. The van der Waals surface area contributed by atoms with Crippen LogP contribution in [0, 0.1) is 0 Å². The maximum atomic E-state index is 12.2. The zero-order valence-electron chi connectivity index (χ0n) is 14.6. The fourth-order valence-corrected chi connectivity index (χ4v) is 3.58. The van der Waals surface area contributed by atoms with E-state index >= 15 is 0 Å². The highest BCUT2D eigenvalue weighted by Crippen LogP contribution is 2.25. The average Bonchev–Trinajstić information content (AvgIpc) is 3.07. The second-order valence-corrected chi connectivity index (χ2v) is 7.68. The smallest absolute Gasteiger partial charge is 0.253 e. The molecule has 1 aliphatic rings. The molecule has 2 aromatic rings. The lowest BCUT2D eigenvalue weighted by Crippen LogP contribution is -2.48. The normalized spacial score (nSPS) is 15.2. The van der Waals surface area contributed by atoms with Gasteiger partial charge in [0.15, 0.2) is 5.13 Å². The number of pyridine rings is 1. The number of hydrogen-bond acceptors (Lipinski definition) is 7. The first kappa shape index (κ1) is 19.3. The third-order valence-electron chi connectivity index (χ3n) is 4.11. The third-order valence-corrected chi connectivity index (χ3v) is 5.15. The molecule has 0 radical (unpaired) electrons.